The quantitative estimate of drug-likeness (QED) is 0.662. The third kappa shape index (κ3) is 6.13. The molecule has 0 fully saturated rings. The number of hydrogen-bond acceptors (Lipinski definition) is 3. The van der Waals surface area contributed by atoms with E-state index >= 15 is 0 Å². The van der Waals surface area contributed by atoms with Gasteiger partial charge in [0.25, 0.3) is 0 Å². The van der Waals surface area contributed by atoms with Crippen LogP contribution >= 0.6 is 0 Å². The maximum absolute atomic E-state index is 10.4. The number of carbonyl (C=O) groups is 1. The molecule has 0 radical (unpaired) electrons. The van der Waals surface area contributed by atoms with E-state index in [1.807, 2.05) is 24.3 Å². The van der Waals surface area contributed by atoms with Crippen molar-refractivity contribution in [1.82, 2.24) is 0 Å². The summed E-state index contributed by atoms with van der Waals surface area (Å²) in [5, 5.41) is 11.3. The number of nitrogens with one attached hydrogen (secondary N) is 1. The van der Waals surface area contributed by atoms with Crippen LogP contribution in [0.3, 0.4) is 0 Å². The van der Waals surface area contributed by atoms with Crippen LogP contribution < -0.4 is 10.1 Å². The molecule has 100 valence electrons. The lowest BCUT2D eigenvalue weighted by molar-refractivity contribution is -0.134. The Hall–Kier alpha value is -1.71. The SMILES string of the molecule is CCCCCCOc1ccc(NCC(=O)O)cc1. The fourth-order valence-corrected chi connectivity index (χ4v) is 1.57. The van der Waals surface area contributed by atoms with Crippen LogP contribution in [0.4, 0.5) is 5.69 Å². The maximum atomic E-state index is 10.4. The van der Waals surface area contributed by atoms with Crippen LogP contribution in [0.2, 0.25) is 0 Å². The monoisotopic (exact) mass is 251 g/mol. The number of aliphatic carboxylic acids is 1. The van der Waals surface area contributed by atoms with E-state index in [9.17, 15) is 4.79 Å². The van der Waals surface area contributed by atoms with Crippen molar-refractivity contribution in [2.45, 2.75) is 32.6 Å². The molecule has 0 aliphatic heterocycles. The average molecular weight is 251 g/mol. The summed E-state index contributed by atoms with van der Waals surface area (Å²) in [5.74, 6) is -0.0429. The minimum absolute atomic E-state index is 0.0722. The molecular formula is C14H21NO3. The summed E-state index contributed by atoms with van der Waals surface area (Å²) in [6, 6.07) is 7.35. The van der Waals surface area contributed by atoms with E-state index in [-0.39, 0.29) is 6.54 Å². The molecule has 1 rings (SSSR count). The Morgan fingerprint density at radius 2 is 1.94 bits per heavy atom. The Labute approximate surface area is 108 Å². The molecule has 4 heteroatoms. The molecule has 0 atom stereocenters. The highest BCUT2D eigenvalue weighted by atomic mass is 16.5. The Bertz CT molecular complexity index is 349. The topological polar surface area (TPSA) is 58.6 Å². The zero-order chi connectivity index (χ0) is 13.2. The van der Waals surface area contributed by atoms with Gasteiger partial charge in [0, 0.05) is 5.69 Å². The molecule has 2 N–H and O–H groups in total. The molecule has 0 amide bonds. The van der Waals surface area contributed by atoms with Gasteiger partial charge in [-0.05, 0) is 30.7 Å². The predicted molar refractivity (Wildman–Crippen MR) is 72.2 cm³/mol. The molecule has 0 heterocycles. The van der Waals surface area contributed by atoms with Crippen molar-refractivity contribution in [3.63, 3.8) is 0 Å². The highest BCUT2D eigenvalue weighted by molar-refractivity contribution is 5.72. The summed E-state index contributed by atoms with van der Waals surface area (Å²) in [6.07, 6.45) is 4.76. The molecule has 0 bridgehead atoms. The van der Waals surface area contributed by atoms with Crippen molar-refractivity contribution in [2.75, 3.05) is 18.5 Å². The second kappa shape index (κ2) is 8.39. The van der Waals surface area contributed by atoms with Crippen LogP contribution in [0.25, 0.3) is 0 Å². The average Bonchev–Trinajstić information content (AvgIpc) is 2.37. The van der Waals surface area contributed by atoms with Gasteiger partial charge in [0.15, 0.2) is 0 Å². The zero-order valence-corrected chi connectivity index (χ0v) is 10.8. The van der Waals surface area contributed by atoms with Gasteiger partial charge in [0.05, 0.1) is 6.61 Å². The number of rotatable bonds is 9. The summed E-state index contributed by atoms with van der Waals surface area (Å²) in [6.45, 7) is 2.85. The highest BCUT2D eigenvalue weighted by Gasteiger charge is 1.98. The molecular weight excluding hydrogens is 230 g/mol. The smallest absolute Gasteiger partial charge is 0.322 e. The fourth-order valence-electron chi connectivity index (χ4n) is 1.57. The van der Waals surface area contributed by atoms with E-state index in [1.165, 1.54) is 19.3 Å². The molecule has 1 aromatic rings. The summed E-state index contributed by atoms with van der Waals surface area (Å²) in [4.78, 5) is 10.4. The van der Waals surface area contributed by atoms with Gasteiger partial charge in [-0.3, -0.25) is 4.79 Å². The molecule has 4 nitrogen and oxygen atoms in total. The lowest BCUT2D eigenvalue weighted by atomic mass is 10.2. The number of unbranched alkanes of at least 4 members (excludes halogenated alkanes) is 3. The minimum Gasteiger partial charge on any atom is -0.494 e. The summed E-state index contributed by atoms with van der Waals surface area (Å²) < 4.78 is 5.59. The van der Waals surface area contributed by atoms with Gasteiger partial charge < -0.3 is 15.2 Å². The van der Waals surface area contributed by atoms with Crippen LogP contribution in [0.1, 0.15) is 32.6 Å². The summed E-state index contributed by atoms with van der Waals surface area (Å²) in [7, 11) is 0. The Morgan fingerprint density at radius 3 is 2.56 bits per heavy atom. The third-order valence-electron chi connectivity index (χ3n) is 2.56. The lowest BCUT2D eigenvalue weighted by Crippen LogP contribution is -2.12. The van der Waals surface area contributed by atoms with Crippen molar-refractivity contribution in [2.24, 2.45) is 0 Å². The Balaban J connectivity index is 2.25. The van der Waals surface area contributed by atoms with Crippen molar-refractivity contribution < 1.29 is 14.6 Å². The second-order valence-electron chi connectivity index (χ2n) is 4.18. The van der Waals surface area contributed by atoms with E-state index in [0.717, 1.165) is 24.5 Å². The maximum Gasteiger partial charge on any atom is 0.322 e. The fraction of sp³-hybridized carbons (Fsp3) is 0.500. The van der Waals surface area contributed by atoms with E-state index in [2.05, 4.69) is 12.2 Å². The van der Waals surface area contributed by atoms with Crippen molar-refractivity contribution in [1.29, 1.82) is 0 Å². The Kier molecular flexibility index (Phi) is 6.69. The van der Waals surface area contributed by atoms with E-state index in [1.54, 1.807) is 0 Å². The molecule has 18 heavy (non-hydrogen) atoms. The molecule has 0 aromatic heterocycles. The number of ether oxygens (including phenoxy) is 1. The van der Waals surface area contributed by atoms with Crippen LogP contribution in [0.15, 0.2) is 24.3 Å². The molecule has 0 unspecified atom stereocenters. The van der Waals surface area contributed by atoms with Gasteiger partial charge >= 0.3 is 5.97 Å². The number of anilines is 1. The summed E-state index contributed by atoms with van der Waals surface area (Å²) >= 11 is 0. The van der Waals surface area contributed by atoms with Gasteiger partial charge in [0.2, 0.25) is 0 Å². The van der Waals surface area contributed by atoms with Crippen molar-refractivity contribution in [3.8, 4) is 5.75 Å². The first-order valence-corrected chi connectivity index (χ1v) is 6.41. The highest BCUT2D eigenvalue weighted by Crippen LogP contribution is 2.16. The van der Waals surface area contributed by atoms with Crippen LogP contribution in [-0.2, 0) is 4.79 Å². The predicted octanol–water partition coefficient (Wildman–Crippen LogP) is 3.14. The van der Waals surface area contributed by atoms with Gasteiger partial charge in [-0.1, -0.05) is 26.2 Å². The summed E-state index contributed by atoms with van der Waals surface area (Å²) in [5.41, 5.74) is 0.788. The normalized spacial score (nSPS) is 10.1. The van der Waals surface area contributed by atoms with Gasteiger partial charge in [-0.15, -0.1) is 0 Å². The second-order valence-corrected chi connectivity index (χ2v) is 4.18. The third-order valence-corrected chi connectivity index (χ3v) is 2.56. The van der Waals surface area contributed by atoms with E-state index < -0.39 is 5.97 Å². The number of carboxylic acid groups (broad SMARTS) is 1. The van der Waals surface area contributed by atoms with Gasteiger partial charge in [0.1, 0.15) is 12.3 Å². The number of carboxylic acids is 1. The van der Waals surface area contributed by atoms with Crippen LogP contribution in [0, 0.1) is 0 Å². The molecule has 0 aliphatic carbocycles. The van der Waals surface area contributed by atoms with Gasteiger partial charge in [-0.25, -0.2) is 0 Å². The van der Waals surface area contributed by atoms with Crippen molar-refractivity contribution >= 4 is 11.7 Å². The largest absolute Gasteiger partial charge is 0.494 e. The standard InChI is InChI=1S/C14H21NO3/c1-2-3-4-5-10-18-13-8-6-12(7-9-13)15-11-14(16)17/h6-9,15H,2-5,10-11H2,1H3,(H,16,17). The number of benzene rings is 1. The first kappa shape index (κ1) is 14.4. The Morgan fingerprint density at radius 1 is 1.22 bits per heavy atom. The van der Waals surface area contributed by atoms with Crippen molar-refractivity contribution in [3.05, 3.63) is 24.3 Å². The van der Waals surface area contributed by atoms with E-state index in [0.29, 0.717) is 0 Å². The van der Waals surface area contributed by atoms with E-state index in [4.69, 9.17) is 9.84 Å². The van der Waals surface area contributed by atoms with Crippen LogP contribution in [-0.4, -0.2) is 24.2 Å². The molecule has 0 aliphatic rings. The lowest BCUT2D eigenvalue weighted by Gasteiger charge is -2.07. The molecule has 0 spiro atoms. The minimum atomic E-state index is -0.869. The molecule has 1 aromatic carbocycles. The van der Waals surface area contributed by atoms with Crippen LogP contribution in [0.5, 0.6) is 5.75 Å². The molecule has 0 saturated heterocycles. The number of hydrogen-bond donors (Lipinski definition) is 2. The zero-order valence-electron chi connectivity index (χ0n) is 10.8. The first-order valence-electron chi connectivity index (χ1n) is 6.41. The molecule has 0 saturated carbocycles. The van der Waals surface area contributed by atoms with Gasteiger partial charge in [-0.2, -0.15) is 0 Å². The first-order chi connectivity index (χ1) is 8.72.